The summed E-state index contributed by atoms with van der Waals surface area (Å²) in [6.45, 7) is 13.5. The molecule has 2 rings (SSSR count). The van der Waals surface area contributed by atoms with Gasteiger partial charge >= 0.3 is 33.9 Å². The minimum atomic E-state index is 0. The number of benzene rings is 1. The minimum Gasteiger partial charge on any atom is -0.214 e. The molecule has 0 saturated heterocycles. The summed E-state index contributed by atoms with van der Waals surface area (Å²) in [4.78, 5) is 9.77. The van der Waals surface area contributed by atoms with Crippen LogP contribution in [-0.2, 0) is 39.8 Å². The SMILES string of the molecule is O=[C-]/C=C/c1ccccc1.[C-]#[O+].[C-]#[O+].[C-]#[O+].[W].c1cc[cH-]c1. The van der Waals surface area contributed by atoms with E-state index in [4.69, 9.17) is 14.0 Å². The van der Waals surface area contributed by atoms with E-state index in [0.29, 0.717) is 0 Å². The summed E-state index contributed by atoms with van der Waals surface area (Å²) in [6.07, 6.45) is 4.76. The molecule has 0 spiro atoms. The normalized spacial score (nSPS) is 6.64. The van der Waals surface area contributed by atoms with Crippen molar-refractivity contribution in [1.29, 1.82) is 0 Å². The van der Waals surface area contributed by atoms with Gasteiger partial charge in [0.15, 0.2) is 0 Å². The second-order valence-electron chi connectivity index (χ2n) is 2.82. The zero-order chi connectivity index (χ0) is 16.8. The molecule has 0 bridgehead atoms. The zero-order valence-corrected chi connectivity index (χ0v) is 14.4. The topological polar surface area (TPSA) is 76.8 Å². The molecule has 5 heteroatoms. The maximum atomic E-state index is 9.77. The van der Waals surface area contributed by atoms with E-state index in [-0.39, 0.29) is 21.1 Å². The number of hydrogen-bond acceptors (Lipinski definition) is 1. The fourth-order valence-electron chi connectivity index (χ4n) is 1.02. The van der Waals surface area contributed by atoms with Gasteiger partial charge in [-0.05, 0) is 6.29 Å². The first kappa shape index (κ1) is 28.1. The standard InChI is InChI=1S/C9H7O.C5H5.3CO.W/c10-8-4-7-9-5-2-1-3-6-9;1-2-4-5-3-1;3*1-2;/h1-7H;1-5H;;;;/q2*-1;;;;/b7-4+;;;;;. The van der Waals surface area contributed by atoms with Gasteiger partial charge in [-0.15, -0.1) is 5.56 Å². The Morgan fingerprint density at radius 3 is 1.64 bits per heavy atom. The Hall–Kier alpha value is -2.11. The van der Waals surface area contributed by atoms with Crippen LogP contribution < -0.4 is 0 Å². The molecule has 22 heavy (non-hydrogen) atoms. The van der Waals surface area contributed by atoms with Gasteiger partial charge in [0.1, 0.15) is 0 Å². The third kappa shape index (κ3) is 23.0. The van der Waals surface area contributed by atoms with Crippen molar-refractivity contribution in [3.05, 3.63) is 92.3 Å². The second-order valence-corrected chi connectivity index (χ2v) is 2.82. The van der Waals surface area contributed by atoms with Crippen LogP contribution in [0.2, 0.25) is 0 Å². The first-order valence-corrected chi connectivity index (χ1v) is 5.30. The molecule has 112 valence electrons. The predicted molar refractivity (Wildman–Crippen MR) is 75.0 cm³/mol. The minimum absolute atomic E-state index is 0. The van der Waals surface area contributed by atoms with Crippen LogP contribution in [0.5, 0.6) is 0 Å². The molecule has 0 aliphatic heterocycles. The van der Waals surface area contributed by atoms with Crippen molar-refractivity contribution in [3.63, 3.8) is 0 Å². The van der Waals surface area contributed by atoms with Crippen LogP contribution in [0.25, 0.3) is 6.08 Å². The van der Waals surface area contributed by atoms with Gasteiger partial charge in [-0.1, -0.05) is 30.3 Å². The van der Waals surface area contributed by atoms with Crippen molar-refractivity contribution < 1.29 is 39.8 Å². The third-order valence-electron chi connectivity index (χ3n) is 1.70. The van der Waals surface area contributed by atoms with E-state index in [1.165, 1.54) is 6.08 Å². The van der Waals surface area contributed by atoms with Crippen molar-refractivity contribution in [1.82, 2.24) is 0 Å². The van der Waals surface area contributed by atoms with Crippen LogP contribution in [-0.4, -0.2) is 6.29 Å². The summed E-state index contributed by atoms with van der Waals surface area (Å²) in [5, 5.41) is 0. The summed E-state index contributed by atoms with van der Waals surface area (Å²) in [5.41, 5.74) is 1.02. The Balaban J connectivity index is -0.000000115. The van der Waals surface area contributed by atoms with Gasteiger partial charge in [0.2, 0.25) is 0 Å². The Morgan fingerprint density at radius 2 is 1.32 bits per heavy atom. The molecule has 0 fully saturated rings. The van der Waals surface area contributed by atoms with E-state index < -0.39 is 0 Å². The maximum absolute atomic E-state index is 9.77. The molecule has 2 aromatic carbocycles. The van der Waals surface area contributed by atoms with E-state index in [2.05, 4.69) is 20.0 Å². The molecule has 0 N–H and O–H groups in total. The van der Waals surface area contributed by atoms with Crippen molar-refractivity contribution in [2.75, 3.05) is 0 Å². The molecule has 0 amide bonds. The monoisotopic (exact) mass is 464 g/mol. The predicted octanol–water partition coefficient (Wildman–Crippen LogP) is 3.10. The van der Waals surface area contributed by atoms with Gasteiger partial charge in [0.25, 0.3) is 0 Å². The van der Waals surface area contributed by atoms with Gasteiger partial charge in [-0.25, -0.2) is 18.2 Å². The molecule has 0 aliphatic carbocycles. The second kappa shape index (κ2) is 31.3. The van der Waals surface area contributed by atoms with Crippen molar-refractivity contribution in [3.8, 4) is 0 Å². The van der Waals surface area contributed by atoms with Gasteiger partial charge in [0.05, 0.1) is 0 Å². The van der Waals surface area contributed by atoms with Crippen LogP contribution in [0.15, 0.2) is 66.7 Å². The van der Waals surface area contributed by atoms with Crippen molar-refractivity contribution in [2.45, 2.75) is 0 Å². The van der Waals surface area contributed by atoms with Crippen LogP contribution in [0.3, 0.4) is 0 Å². The number of carbonyl (C=O) groups excluding carboxylic acids is 1. The van der Waals surface area contributed by atoms with E-state index in [0.717, 1.165) is 5.56 Å². The number of hydrogen-bond donors (Lipinski definition) is 0. The largest absolute Gasteiger partial charge is 0.214 e. The molecule has 0 atom stereocenters. The van der Waals surface area contributed by atoms with Crippen LogP contribution in [0.4, 0.5) is 0 Å². The summed E-state index contributed by atoms with van der Waals surface area (Å²) < 4.78 is 22.5. The quantitative estimate of drug-likeness (QED) is 0.383. The Kier molecular flexibility index (Phi) is 40.0. The van der Waals surface area contributed by atoms with Gasteiger partial charge < -0.3 is 4.79 Å². The van der Waals surface area contributed by atoms with Gasteiger partial charge in [-0.2, -0.15) is 24.3 Å². The molecule has 0 aliphatic rings. The number of allylic oxidation sites excluding steroid dienone is 1. The van der Waals surface area contributed by atoms with E-state index in [9.17, 15) is 4.79 Å². The molecule has 0 saturated carbocycles. The van der Waals surface area contributed by atoms with Crippen molar-refractivity contribution in [2.24, 2.45) is 0 Å². The molecule has 0 heterocycles. The molecular formula is C17H12O4W-2. The van der Waals surface area contributed by atoms with Crippen molar-refractivity contribution >= 4 is 12.4 Å². The average Bonchev–Trinajstić information content (AvgIpc) is 3.19. The van der Waals surface area contributed by atoms with Crippen LogP contribution in [0, 0.1) is 20.0 Å². The third-order valence-corrected chi connectivity index (χ3v) is 1.70. The van der Waals surface area contributed by atoms with Gasteiger partial charge in [0, 0.05) is 21.1 Å². The van der Waals surface area contributed by atoms with E-state index >= 15 is 0 Å². The van der Waals surface area contributed by atoms with E-state index in [1.807, 2.05) is 60.7 Å². The maximum Gasteiger partial charge on any atom is 0 e. The summed E-state index contributed by atoms with van der Waals surface area (Å²) in [7, 11) is 0. The smallest absolute Gasteiger partial charge is 0 e. The summed E-state index contributed by atoms with van der Waals surface area (Å²) in [5.74, 6) is 0. The van der Waals surface area contributed by atoms with E-state index in [1.54, 1.807) is 12.4 Å². The first-order valence-electron chi connectivity index (χ1n) is 5.30. The van der Waals surface area contributed by atoms with Crippen LogP contribution in [0.1, 0.15) is 5.56 Å². The first-order chi connectivity index (χ1) is 10.4. The molecule has 4 nitrogen and oxygen atoms in total. The fraction of sp³-hybridized carbons (Fsp3) is 0. The molecule has 2 aromatic rings. The fourth-order valence-corrected chi connectivity index (χ4v) is 1.02. The summed E-state index contributed by atoms with van der Waals surface area (Å²) in [6, 6.07) is 19.6. The molecule has 0 aromatic heterocycles. The summed E-state index contributed by atoms with van der Waals surface area (Å²) >= 11 is 0. The molecular weight excluding hydrogens is 452 g/mol. The molecule has 0 unspecified atom stereocenters. The Labute approximate surface area is 144 Å². The Bertz CT molecular complexity index is 465. The Morgan fingerprint density at radius 1 is 0.864 bits per heavy atom. The van der Waals surface area contributed by atoms with Crippen LogP contribution >= 0.6 is 0 Å². The molecule has 0 radical (unpaired) electrons. The van der Waals surface area contributed by atoms with Gasteiger partial charge in [-0.3, -0.25) is 0 Å². The average molecular weight is 464 g/mol. The number of rotatable bonds is 2. The zero-order valence-electron chi connectivity index (χ0n) is 11.5.